The molecule has 166 valence electrons. The first-order valence-electron chi connectivity index (χ1n) is 10.3. The third kappa shape index (κ3) is 3.60. The van der Waals surface area contributed by atoms with Gasteiger partial charge in [-0.25, -0.2) is 4.79 Å². The summed E-state index contributed by atoms with van der Waals surface area (Å²) in [6, 6.07) is 10.4. The van der Waals surface area contributed by atoms with E-state index >= 15 is 0 Å². The van der Waals surface area contributed by atoms with Gasteiger partial charge < -0.3 is 20.3 Å². The van der Waals surface area contributed by atoms with Crippen molar-refractivity contribution < 1.29 is 9.53 Å². The van der Waals surface area contributed by atoms with E-state index in [0.717, 1.165) is 17.7 Å². The second kappa shape index (κ2) is 7.63. The number of ether oxygens (including phenoxy) is 1. The number of H-pyrrole nitrogens is 1. The lowest BCUT2D eigenvalue weighted by atomic mass is 10.0. The van der Waals surface area contributed by atoms with Crippen molar-refractivity contribution in [1.29, 1.82) is 0 Å². The van der Waals surface area contributed by atoms with E-state index in [2.05, 4.69) is 47.9 Å². The molecule has 3 aromatic rings. The average Bonchev–Trinajstić information content (AvgIpc) is 3.32. The van der Waals surface area contributed by atoms with Crippen LogP contribution in [0.25, 0.3) is 0 Å². The molecule has 1 saturated carbocycles. The molecular weight excluding hydrogens is 432 g/mol. The van der Waals surface area contributed by atoms with Gasteiger partial charge in [-0.05, 0) is 37.4 Å². The van der Waals surface area contributed by atoms with E-state index < -0.39 is 5.54 Å². The van der Waals surface area contributed by atoms with Crippen molar-refractivity contribution in [2.45, 2.75) is 44.3 Å². The van der Waals surface area contributed by atoms with Crippen LogP contribution in [0.15, 0.2) is 30.3 Å². The van der Waals surface area contributed by atoms with Crippen LogP contribution in [0.4, 0.5) is 16.6 Å². The lowest BCUT2D eigenvalue weighted by molar-refractivity contribution is 0.142. The van der Waals surface area contributed by atoms with Crippen molar-refractivity contribution in [3.05, 3.63) is 52.4 Å². The number of nitrogens with one attached hydrogen (secondary N) is 3. The van der Waals surface area contributed by atoms with Gasteiger partial charge in [-0.2, -0.15) is 20.1 Å². The van der Waals surface area contributed by atoms with Crippen LogP contribution in [0.2, 0.25) is 5.28 Å². The van der Waals surface area contributed by atoms with Gasteiger partial charge in [0.15, 0.2) is 5.82 Å². The first-order valence-corrected chi connectivity index (χ1v) is 10.7. The largest absolute Gasteiger partial charge is 0.467 e. The number of benzene rings is 1. The molecule has 0 unspecified atom stereocenters. The molecule has 0 spiro atoms. The number of carbonyl (C=O) groups is 1. The standard InChI is InChI=1S/C21H23ClN8O2/c1-21(2)15-13(16(29-28-15)24-18-25-17(22)26-19(27-18)32-3)10-30(21)20(31)23-14-9-12(14)11-7-5-4-6-8-11/h4-8,12,14H,9-10H2,1-3H3,(H,23,31)(H2,24,25,26,27,28,29)/t12-,14+/m0/s1. The van der Waals surface area contributed by atoms with Crippen LogP contribution in [0.1, 0.15) is 43.0 Å². The third-order valence-electron chi connectivity index (χ3n) is 6.04. The molecule has 3 N–H and O–H groups in total. The molecule has 2 amide bonds. The fourth-order valence-corrected chi connectivity index (χ4v) is 4.34. The average molecular weight is 455 g/mol. The Balaban J connectivity index is 1.31. The molecule has 0 saturated heterocycles. The zero-order valence-electron chi connectivity index (χ0n) is 17.9. The highest BCUT2D eigenvalue weighted by atomic mass is 35.5. The van der Waals surface area contributed by atoms with E-state index in [-0.39, 0.29) is 29.3 Å². The molecule has 2 atom stereocenters. The SMILES string of the molecule is COc1nc(Cl)nc(Nc2n[nH]c3c2CN(C(=O)N[C@@H]2C[C@H]2c2ccccc2)C3(C)C)n1. The van der Waals surface area contributed by atoms with Gasteiger partial charge in [-0.1, -0.05) is 30.3 Å². The zero-order valence-corrected chi connectivity index (χ0v) is 18.6. The maximum Gasteiger partial charge on any atom is 0.322 e. The van der Waals surface area contributed by atoms with Gasteiger partial charge in [0.25, 0.3) is 0 Å². The molecule has 0 bridgehead atoms. The summed E-state index contributed by atoms with van der Waals surface area (Å²) in [5.41, 5.74) is 2.43. The topological polar surface area (TPSA) is 121 Å². The lowest BCUT2D eigenvalue weighted by Crippen LogP contribution is -2.47. The first-order chi connectivity index (χ1) is 15.4. The number of fused-ring (bicyclic) bond motifs is 1. The van der Waals surface area contributed by atoms with Crippen molar-refractivity contribution in [2.24, 2.45) is 0 Å². The number of carbonyl (C=O) groups excluding carboxylic acids is 1. The Morgan fingerprint density at radius 1 is 1.25 bits per heavy atom. The van der Waals surface area contributed by atoms with E-state index in [9.17, 15) is 4.79 Å². The second-order valence-electron chi connectivity index (χ2n) is 8.42. The van der Waals surface area contributed by atoms with Gasteiger partial charge in [-0.3, -0.25) is 5.10 Å². The first kappa shape index (κ1) is 20.5. The summed E-state index contributed by atoms with van der Waals surface area (Å²) in [4.78, 5) is 27.0. The van der Waals surface area contributed by atoms with Gasteiger partial charge in [-0.15, -0.1) is 0 Å². The summed E-state index contributed by atoms with van der Waals surface area (Å²) in [6.45, 7) is 4.38. The summed E-state index contributed by atoms with van der Waals surface area (Å²) < 4.78 is 5.04. The summed E-state index contributed by atoms with van der Waals surface area (Å²) in [5.74, 6) is 1.10. The predicted molar refractivity (Wildman–Crippen MR) is 118 cm³/mol. The van der Waals surface area contributed by atoms with Crippen LogP contribution >= 0.6 is 11.6 Å². The minimum absolute atomic E-state index is 0.00488. The normalized spacial score (nSPS) is 20.6. The number of amides is 2. The fourth-order valence-electron chi connectivity index (χ4n) is 4.19. The van der Waals surface area contributed by atoms with Crippen molar-refractivity contribution in [3.63, 3.8) is 0 Å². The van der Waals surface area contributed by atoms with E-state index in [4.69, 9.17) is 16.3 Å². The zero-order chi connectivity index (χ0) is 22.5. The minimum atomic E-state index is -0.558. The minimum Gasteiger partial charge on any atom is -0.467 e. The number of halogens is 1. The molecule has 3 heterocycles. The number of aromatic nitrogens is 5. The van der Waals surface area contributed by atoms with Gasteiger partial charge in [0.1, 0.15) is 0 Å². The fraction of sp³-hybridized carbons (Fsp3) is 0.381. The number of methoxy groups -OCH3 is 1. The van der Waals surface area contributed by atoms with Gasteiger partial charge in [0.2, 0.25) is 11.2 Å². The lowest BCUT2D eigenvalue weighted by Gasteiger charge is -2.32. The molecule has 11 heteroatoms. The summed E-state index contributed by atoms with van der Waals surface area (Å²) in [7, 11) is 1.45. The molecule has 0 radical (unpaired) electrons. The quantitative estimate of drug-likeness (QED) is 0.540. The van der Waals surface area contributed by atoms with Crippen LogP contribution in [0, 0.1) is 0 Å². The van der Waals surface area contributed by atoms with E-state index in [0.29, 0.717) is 18.3 Å². The Hall–Kier alpha value is -3.40. The number of aromatic amines is 1. The summed E-state index contributed by atoms with van der Waals surface area (Å²) in [6.07, 6.45) is 0.950. The monoisotopic (exact) mass is 454 g/mol. The van der Waals surface area contributed by atoms with Crippen LogP contribution in [-0.4, -0.2) is 49.2 Å². The molecule has 1 aliphatic carbocycles. The second-order valence-corrected chi connectivity index (χ2v) is 8.76. The van der Waals surface area contributed by atoms with Gasteiger partial charge in [0, 0.05) is 17.5 Å². The van der Waals surface area contributed by atoms with Crippen LogP contribution in [0.5, 0.6) is 6.01 Å². The molecule has 5 rings (SSSR count). The Kier molecular flexibility index (Phi) is 4.89. The number of urea groups is 1. The molecule has 2 aliphatic rings. The molecule has 1 aliphatic heterocycles. The van der Waals surface area contributed by atoms with E-state index in [1.165, 1.54) is 12.7 Å². The molecule has 10 nitrogen and oxygen atoms in total. The molecule has 2 aromatic heterocycles. The highest BCUT2D eigenvalue weighted by Gasteiger charge is 2.46. The Bertz CT molecular complexity index is 1170. The van der Waals surface area contributed by atoms with Crippen molar-refractivity contribution in [2.75, 3.05) is 12.4 Å². The maximum absolute atomic E-state index is 13.1. The summed E-state index contributed by atoms with van der Waals surface area (Å²) in [5, 5.41) is 13.7. The van der Waals surface area contributed by atoms with Crippen molar-refractivity contribution in [3.8, 4) is 6.01 Å². The smallest absolute Gasteiger partial charge is 0.322 e. The Morgan fingerprint density at radius 2 is 2.03 bits per heavy atom. The Labute approximate surface area is 189 Å². The highest BCUT2D eigenvalue weighted by Crippen LogP contribution is 2.43. The van der Waals surface area contributed by atoms with Crippen LogP contribution < -0.4 is 15.4 Å². The number of hydrogen-bond acceptors (Lipinski definition) is 7. The number of hydrogen-bond donors (Lipinski definition) is 3. The van der Waals surface area contributed by atoms with Gasteiger partial charge >= 0.3 is 12.0 Å². The number of nitrogens with zero attached hydrogens (tertiary/aromatic N) is 5. The van der Waals surface area contributed by atoms with Crippen LogP contribution in [0.3, 0.4) is 0 Å². The number of rotatable bonds is 5. The molecule has 32 heavy (non-hydrogen) atoms. The van der Waals surface area contributed by atoms with Crippen molar-refractivity contribution >= 4 is 29.4 Å². The number of anilines is 2. The van der Waals surface area contributed by atoms with E-state index in [1.807, 2.05) is 36.9 Å². The molecular formula is C21H23ClN8O2. The molecule has 1 aromatic carbocycles. The van der Waals surface area contributed by atoms with Crippen LogP contribution in [-0.2, 0) is 12.1 Å². The maximum atomic E-state index is 13.1. The van der Waals surface area contributed by atoms with E-state index in [1.54, 1.807) is 0 Å². The Morgan fingerprint density at radius 3 is 2.78 bits per heavy atom. The third-order valence-corrected chi connectivity index (χ3v) is 6.21. The van der Waals surface area contributed by atoms with Gasteiger partial charge in [0.05, 0.1) is 24.9 Å². The highest BCUT2D eigenvalue weighted by molar-refractivity contribution is 6.28. The summed E-state index contributed by atoms with van der Waals surface area (Å²) >= 11 is 5.94. The molecule has 1 fully saturated rings. The predicted octanol–water partition coefficient (Wildman–Crippen LogP) is 3.32. The van der Waals surface area contributed by atoms with Crippen molar-refractivity contribution in [1.82, 2.24) is 35.4 Å².